The molecule has 106 valence electrons. The molecule has 0 amide bonds. The number of anilines is 3. The van der Waals surface area contributed by atoms with Gasteiger partial charge in [-0.3, -0.25) is 4.57 Å². The maximum absolute atomic E-state index is 13.1. The molecule has 8 heteroatoms. The lowest BCUT2D eigenvalue weighted by molar-refractivity contribution is 0.627. The van der Waals surface area contributed by atoms with Gasteiger partial charge in [-0.1, -0.05) is 0 Å². The largest absolute Gasteiger partial charge is 0.368 e. The summed E-state index contributed by atoms with van der Waals surface area (Å²) in [7, 11) is 0. The molecule has 0 atom stereocenters. The van der Waals surface area contributed by atoms with Crippen LogP contribution in [0.2, 0.25) is 0 Å². The minimum Gasteiger partial charge on any atom is -0.368 e. The monoisotopic (exact) mass is 285 g/mol. The molecule has 2 aromatic heterocycles. The van der Waals surface area contributed by atoms with E-state index in [2.05, 4.69) is 25.3 Å². The van der Waals surface area contributed by atoms with Crippen molar-refractivity contribution in [3.8, 4) is 5.95 Å². The Labute approximate surface area is 119 Å². The van der Waals surface area contributed by atoms with Crippen molar-refractivity contribution in [2.24, 2.45) is 0 Å². The van der Waals surface area contributed by atoms with Gasteiger partial charge < -0.3 is 11.1 Å². The molecule has 0 radical (unpaired) electrons. The van der Waals surface area contributed by atoms with Gasteiger partial charge in [0.2, 0.25) is 17.8 Å². The Morgan fingerprint density at radius 2 is 2.10 bits per heavy atom. The first-order chi connectivity index (χ1) is 10.1. The maximum atomic E-state index is 13.1. The summed E-state index contributed by atoms with van der Waals surface area (Å²) in [6.07, 6.45) is 4.86. The molecule has 0 bridgehead atoms. The van der Waals surface area contributed by atoms with Crippen LogP contribution in [-0.4, -0.2) is 24.5 Å². The number of nitrogens with zero attached hydrogens (tertiary/aromatic N) is 5. The summed E-state index contributed by atoms with van der Waals surface area (Å²) in [6.45, 7) is 1.78. The third-order valence-electron chi connectivity index (χ3n) is 2.81. The number of aromatic nitrogens is 5. The highest BCUT2D eigenvalue weighted by Gasteiger charge is 2.08. The van der Waals surface area contributed by atoms with Crippen molar-refractivity contribution in [1.29, 1.82) is 0 Å². The zero-order valence-corrected chi connectivity index (χ0v) is 11.2. The number of nitrogen functional groups attached to an aromatic ring is 1. The van der Waals surface area contributed by atoms with E-state index >= 15 is 0 Å². The third-order valence-corrected chi connectivity index (χ3v) is 2.81. The number of benzene rings is 1. The zero-order valence-electron chi connectivity index (χ0n) is 11.2. The van der Waals surface area contributed by atoms with Crippen molar-refractivity contribution in [1.82, 2.24) is 24.5 Å². The summed E-state index contributed by atoms with van der Waals surface area (Å²) in [5.41, 5.74) is 7.11. The van der Waals surface area contributed by atoms with Crippen LogP contribution >= 0.6 is 0 Å². The normalized spacial score (nSPS) is 10.6. The first-order valence-electron chi connectivity index (χ1n) is 6.15. The zero-order chi connectivity index (χ0) is 14.8. The second-order valence-electron chi connectivity index (χ2n) is 4.37. The van der Waals surface area contributed by atoms with Crippen LogP contribution in [0.3, 0.4) is 0 Å². The predicted octanol–water partition coefficient (Wildman–Crippen LogP) is 1.83. The lowest BCUT2D eigenvalue weighted by Crippen LogP contribution is -2.08. The van der Waals surface area contributed by atoms with Gasteiger partial charge in [-0.05, 0) is 30.7 Å². The molecular formula is C13H12FN7. The summed E-state index contributed by atoms with van der Waals surface area (Å²) >= 11 is 0. The highest BCUT2D eigenvalue weighted by molar-refractivity contribution is 5.58. The number of halogens is 1. The lowest BCUT2D eigenvalue weighted by Gasteiger charge is -2.09. The molecule has 3 N–H and O–H groups in total. The highest BCUT2D eigenvalue weighted by atomic mass is 19.1. The van der Waals surface area contributed by atoms with E-state index in [1.807, 2.05) is 0 Å². The quantitative estimate of drug-likeness (QED) is 0.762. The fourth-order valence-electron chi connectivity index (χ4n) is 1.82. The molecule has 7 nitrogen and oxygen atoms in total. The molecule has 0 aliphatic heterocycles. The minimum atomic E-state index is -0.299. The Hall–Kier alpha value is -3.03. The molecule has 21 heavy (non-hydrogen) atoms. The van der Waals surface area contributed by atoms with Gasteiger partial charge in [0.25, 0.3) is 0 Å². The molecule has 0 saturated carbocycles. The van der Waals surface area contributed by atoms with Crippen LogP contribution in [0, 0.1) is 12.7 Å². The average Bonchev–Trinajstić information content (AvgIpc) is 2.95. The van der Waals surface area contributed by atoms with E-state index in [1.165, 1.54) is 12.1 Å². The number of nitrogens with one attached hydrogen (secondary N) is 1. The van der Waals surface area contributed by atoms with Crippen molar-refractivity contribution in [3.63, 3.8) is 0 Å². The Morgan fingerprint density at radius 3 is 2.81 bits per heavy atom. The van der Waals surface area contributed by atoms with Gasteiger partial charge >= 0.3 is 0 Å². The summed E-state index contributed by atoms with van der Waals surface area (Å²) in [5.74, 6) is 0.409. The average molecular weight is 285 g/mol. The Kier molecular flexibility index (Phi) is 3.19. The lowest BCUT2D eigenvalue weighted by atomic mass is 10.2. The smallest absolute Gasteiger partial charge is 0.241 e. The standard InChI is InChI=1S/C13H12FN7/c1-8-6-9(14)2-3-10(8)17-12-18-11(15)19-13(20-12)21-5-4-16-7-21/h2-7H,1H3,(H3,15,17,18,19,20). The van der Waals surface area contributed by atoms with Gasteiger partial charge in [-0.25, -0.2) is 9.37 Å². The minimum absolute atomic E-state index is 0.0796. The fourth-order valence-corrected chi connectivity index (χ4v) is 1.82. The second-order valence-corrected chi connectivity index (χ2v) is 4.37. The van der Waals surface area contributed by atoms with Crippen LogP contribution in [0.1, 0.15) is 5.56 Å². The number of hydrogen-bond acceptors (Lipinski definition) is 6. The van der Waals surface area contributed by atoms with Crippen molar-refractivity contribution in [2.75, 3.05) is 11.1 Å². The van der Waals surface area contributed by atoms with E-state index in [0.29, 0.717) is 11.6 Å². The second kappa shape index (κ2) is 5.16. The Balaban J connectivity index is 1.95. The Bertz CT molecular complexity index is 770. The number of hydrogen-bond donors (Lipinski definition) is 2. The van der Waals surface area contributed by atoms with Crippen LogP contribution in [-0.2, 0) is 0 Å². The van der Waals surface area contributed by atoms with Gasteiger partial charge in [0.05, 0.1) is 0 Å². The maximum Gasteiger partial charge on any atom is 0.241 e. The molecule has 0 aliphatic carbocycles. The third kappa shape index (κ3) is 2.78. The molecule has 3 rings (SSSR count). The van der Waals surface area contributed by atoms with Crippen molar-refractivity contribution < 1.29 is 4.39 Å². The van der Waals surface area contributed by atoms with Crippen LogP contribution < -0.4 is 11.1 Å². The van der Waals surface area contributed by atoms with Crippen molar-refractivity contribution in [3.05, 3.63) is 48.3 Å². The first kappa shape index (κ1) is 13.0. The van der Waals surface area contributed by atoms with Crippen LogP contribution in [0.5, 0.6) is 0 Å². The predicted molar refractivity (Wildman–Crippen MR) is 75.8 cm³/mol. The van der Waals surface area contributed by atoms with E-state index in [0.717, 1.165) is 5.56 Å². The van der Waals surface area contributed by atoms with Crippen LogP contribution in [0.25, 0.3) is 5.95 Å². The summed E-state index contributed by atoms with van der Waals surface area (Å²) in [4.78, 5) is 16.2. The summed E-state index contributed by atoms with van der Waals surface area (Å²) in [6, 6.07) is 4.39. The summed E-state index contributed by atoms with van der Waals surface area (Å²) < 4.78 is 14.7. The van der Waals surface area contributed by atoms with Crippen molar-refractivity contribution >= 4 is 17.6 Å². The molecular weight excluding hydrogens is 273 g/mol. The summed E-state index contributed by atoms with van der Waals surface area (Å²) in [5, 5.41) is 3.00. The van der Waals surface area contributed by atoms with Gasteiger partial charge in [0.1, 0.15) is 12.1 Å². The number of rotatable bonds is 3. The molecule has 0 saturated heterocycles. The van der Waals surface area contributed by atoms with Crippen LogP contribution in [0.4, 0.5) is 22.0 Å². The van der Waals surface area contributed by atoms with Gasteiger partial charge in [-0.15, -0.1) is 0 Å². The highest BCUT2D eigenvalue weighted by Crippen LogP contribution is 2.19. The SMILES string of the molecule is Cc1cc(F)ccc1Nc1nc(N)nc(-n2ccnc2)n1. The van der Waals surface area contributed by atoms with E-state index < -0.39 is 0 Å². The fraction of sp³-hybridized carbons (Fsp3) is 0.0769. The molecule has 0 fully saturated rings. The molecule has 2 heterocycles. The molecule has 0 aliphatic rings. The van der Waals surface area contributed by atoms with Crippen LogP contribution in [0.15, 0.2) is 36.9 Å². The van der Waals surface area contributed by atoms with Gasteiger partial charge in [-0.2, -0.15) is 15.0 Å². The van der Waals surface area contributed by atoms with Gasteiger partial charge in [0.15, 0.2) is 0 Å². The molecule has 1 aromatic carbocycles. The van der Waals surface area contributed by atoms with Gasteiger partial charge in [0, 0.05) is 18.1 Å². The number of imidazole rings is 1. The number of nitrogens with two attached hydrogens (primary N) is 1. The topological polar surface area (TPSA) is 94.5 Å². The number of aryl methyl sites for hydroxylation is 1. The van der Waals surface area contributed by atoms with E-state index in [4.69, 9.17) is 5.73 Å². The first-order valence-corrected chi connectivity index (χ1v) is 6.15. The van der Waals surface area contributed by atoms with E-state index in [9.17, 15) is 4.39 Å². The Morgan fingerprint density at radius 1 is 1.24 bits per heavy atom. The van der Waals surface area contributed by atoms with E-state index in [-0.39, 0.29) is 17.7 Å². The van der Waals surface area contributed by atoms with Crippen molar-refractivity contribution in [2.45, 2.75) is 6.92 Å². The molecule has 0 unspecified atom stereocenters. The molecule has 3 aromatic rings. The van der Waals surface area contributed by atoms with E-state index in [1.54, 1.807) is 36.3 Å². The molecule has 0 spiro atoms.